The number of methoxy groups -OCH3 is 2. The fourth-order valence-corrected chi connectivity index (χ4v) is 5.06. The SMILES string of the molecule is COc1ccc(C2COc3c(ccc(C(O)(O)c4ccccc4)c3C(O)(O)c3ccccc3)C2)cc1OC. The van der Waals surface area contributed by atoms with Crippen LogP contribution >= 0.6 is 0 Å². The summed E-state index contributed by atoms with van der Waals surface area (Å²) < 4.78 is 17.0. The minimum absolute atomic E-state index is 0.0494. The molecule has 0 radical (unpaired) electrons. The van der Waals surface area contributed by atoms with E-state index < -0.39 is 11.6 Å². The van der Waals surface area contributed by atoms with Crippen molar-refractivity contribution in [3.63, 3.8) is 0 Å². The molecule has 4 aromatic rings. The molecule has 38 heavy (non-hydrogen) atoms. The van der Waals surface area contributed by atoms with E-state index in [2.05, 4.69) is 0 Å². The van der Waals surface area contributed by atoms with Gasteiger partial charge in [0.2, 0.25) is 11.6 Å². The molecule has 4 N–H and O–H groups in total. The van der Waals surface area contributed by atoms with Crippen molar-refractivity contribution >= 4 is 0 Å². The quantitative estimate of drug-likeness (QED) is 0.278. The second kappa shape index (κ2) is 10.1. The minimum atomic E-state index is -2.57. The molecule has 196 valence electrons. The first-order valence-electron chi connectivity index (χ1n) is 12.3. The van der Waals surface area contributed by atoms with Gasteiger partial charge < -0.3 is 34.6 Å². The molecule has 0 saturated heterocycles. The number of benzene rings is 4. The summed E-state index contributed by atoms with van der Waals surface area (Å²) in [6, 6.07) is 25.5. The van der Waals surface area contributed by atoms with Gasteiger partial charge in [0.25, 0.3) is 0 Å². The van der Waals surface area contributed by atoms with E-state index in [1.54, 1.807) is 80.9 Å². The van der Waals surface area contributed by atoms with Crippen LogP contribution in [0.5, 0.6) is 17.2 Å². The molecule has 4 aromatic carbocycles. The Morgan fingerprint density at radius 1 is 0.711 bits per heavy atom. The fourth-order valence-electron chi connectivity index (χ4n) is 5.06. The lowest BCUT2D eigenvalue weighted by Crippen LogP contribution is -2.36. The van der Waals surface area contributed by atoms with Crippen LogP contribution in [0, 0.1) is 0 Å². The standard InChI is InChI=1S/C31H30O7/c1-36-26-16-14-20(18-27(26)37-2)22-17-21-13-15-25(30(32,33)23-9-5-3-6-10-23)28(29(21)38-19-22)31(34,35)24-11-7-4-8-12-24/h3-16,18,22,32-35H,17,19H2,1-2H3. The topological polar surface area (TPSA) is 109 Å². The average Bonchev–Trinajstić information content (AvgIpc) is 2.96. The molecule has 0 aromatic heterocycles. The molecule has 1 unspecified atom stereocenters. The van der Waals surface area contributed by atoms with Crippen LogP contribution in [0.15, 0.2) is 91.0 Å². The van der Waals surface area contributed by atoms with E-state index in [1.807, 2.05) is 18.2 Å². The molecule has 1 atom stereocenters. The van der Waals surface area contributed by atoms with Gasteiger partial charge in [-0.2, -0.15) is 0 Å². The maximum atomic E-state index is 11.5. The Labute approximate surface area is 221 Å². The highest BCUT2D eigenvalue weighted by molar-refractivity contribution is 5.57. The fraction of sp³-hybridized carbons (Fsp3) is 0.226. The van der Waals surface area contributed by atoms with Gasteiger partial charge in [-0.1, -0.05) is 78.9 Å². The van der Waals surface area contributed by atoms with Gasteiger partial charge in [0, 0.05) is 22.6 Å². The third-order valence-corrected chi connectivity index (χ3v) is 7.09. The van der Waals surface area contributed by atoms with Crippen molar-refractivity contribution in [1.82, 2.24) is 0 Å². The molecule has 1 aliphatic rings. The third kappa shape index (κ3) is 4.50. The summed E-state index contributed by atoms with van der Waals surface area (Å²) in [4.78, 5) is 0. The summed E-state index contributed by atoms with van der Waals surface area (Å²) in [5.41, 5.74) is 1.85. The Bertz CT molecular complexity index is 1420. The molecule has 7 nitrogen and oxygen atoms in total. The van der Waals surface area contributed by atoms with E-state index in [-0.39, 0.29) is 40.5 Å². The first kappa shape index (κ1) is 25.8. The van der Waals surface area contributed by atoms with E-state index in [9.17, 15) is 20.4 Å². The van der Waals surface area contributed by atoms with Crippen molar-refractivity contribution in [2.24, 2.45) is 0 Å². The summed E-state index contributed by atoms with van der Waals surface area (Å²) in [5.74, 6) is -3.68. The molecule has 1 aliphatic heterocycles. The van der Waals surface area contributed by atoms with Gasteiger partial charge in [-0.3, -0.25) is 0 Å². The Morgan fingerprint density at radius 2 is 1.32 bits per heavy atom. The van der Waals surface area contributed by atoms with E-state index in [0.717, 1.165) is 5.56 Å². The molecule has 7 heteroatoms. The van der Waals surface area contributed by atoms with Crippen LogP contribution in [0.3, 0.4) is 0 Å². The average molecular weight is 515 g/mol. The minimum Gasteiger partial charge on any atom is -0.493 e. The molecule has 0 bridgehead atoms. The van der Waals surface area contributed by atoms with Crippen LogP contribution in [-0.4, -0.2) is 41.3 Å². The molecule has 1 heterocycles. The summed E-state index contributed by atoms with van der Waals surface area (Å²) in [5, 5.41) is 45.7. The van der Waals surface area contributed by atoms with Gasteiger partial charge in [-0.25, -0.2) is 0 Å². The Hall–Kier alpha value is -3.88. The monoisotopic (exact) mass is 514 g/mol. The smallest absolute Gasteiger partial charge is 0.221 e. The van der Waals surface area contributed by atoms with Gasteiger partial charge in [0.15, 0.2) is 11.5 Å². The van der Waals surface area contributed by atoms with Crippen LogP contribution in [-0.2, 0) is 18.0 Å². The molecule has 5 rings (SSSR count). The summed E-state index contributed by atoms with van der Waals surface area (Å²) >= 11 is 0. The van der Waals surface area contributed by atoms with E-state index in [0.29, 0.717) is 23.5 Å². The van der Waals surface area contributed by atoms with Crippen molar-refractivity contribution < 1.29 is 34.6 Å². The number of fused-ring (bicyclic) bond motifs is 1. The zero-order valence-corrected chi connectivity index (χ0v) is 21.2. The van der Waals surface area contributed by atoms with Gasteiger partial charge in [-0.05, 0) is 29.7 Å². The zero-order valence-electron chi connectivity index (χ0n) is 21.2. The molecule has 0 fully saturated rings. The normalized spacial score (nSPS) is 15.4. The highest BCUT2D eigenvalue weighted by Crippen LogP contribution is 2.46. The second-order valence-electron chi connectivity index (χ2n) is 9.38. The molecule has 0 amide bonds. The Balaban J connectivity index is 1.63. The van der Waals surface area contributed by atoms with Crippen molar-refractivity contribution in [2.45, 2.75) is 23.9 Å². The number of ether oxygens (including phenoxy) is 3. The predicted molar refractivity (Wildman–Crippen MR) is 141 cm³/mol. The Kier molecular flexibility index (Phi) is 6.86. The summed E-state index contributed by atoms with van der Waals surface area (Å²) in [6.07, 6.45) is 0.526. The highest BCUT2D eigenvalue weighted by Gasteiger charge is 2.43. The lowest BCUT2D eigenvalue weighted by molar-refractivity contribution is -0.155. The van der Waals surface area contributed by atoms with Crippen molar-refractivity contribution in [3.8, 4) is 17.2 Å². The van der Waals surface area contributed by atoms with Crippen LogP contribution in [0.1, 0.15) is 39.3 Å². The highest BCUT2D eigenvalue weighted by atomic mass is 16.5. The number of hydrogen-bond acceptors (Lipinski definition) is 7. The molecule has 0 aliphatic carbocycles. The lowest BCUT2D eigenvalue weighted by Gasteiger charge is -2.36. The summed E-state index contributed by atoms with van der Waals surface area (Å²) in [7, 11) is 3.16. The van der Waals surface area contributed by atoms with E-state index in [4.69, 9.17) is 14.2 Å². The number of rotatable bonds is 7. The van der Waals surface area contributed by atoms with Crippen LogP contribution in [0.2, 0.25) is 0 Å². The first-order chi connectivity index (χ1) is 18.3. The van der Waals surface area contributed by atoms with Crippen molar-refractivity contribution in [1.29, 1.82) is 0 Å². The van der Waals surface area contributed by atoms with Crippen molar-refractivity contribution in [2.75, 3.05) is 20.8 Å². The lowest BCUT2D eigenvalue weighted by atomic mass is 9.82. The van der Waals surface area contributed by atoms with Gasteiger partial charge in [0.1, 0.15) is 5.75 Å². The van der Waals surface area contributed by atoms with Gasteiger partial charge >= 0.3 is 0 Å². The molecular weight excluding hydrogens is 484 g/mol. The maximum Gasteiger partial charge on any atom is 0.221 e. The number of aliphatic hydroxyl groups is 4. The largest absolute Gasteiger partial charge is 0.493 e. The molecular formula is C31H30O7. The first-order valence-corrected chi connectivity index (χ1v) is 12.3. The second-order valence-corrected chi connectivity index (χ2v) is 9.38. The maximum absolute atomic E-state index is 11.5. The molecule has 0 spiro atoms. The third-order valence-electron chi connectivity index (χ3n) is 7.09. The van der Waals surface area contributed by atoms with Crippen LogP contribution < -0.4 is 14.2 Å². The van der Waals surface area contributed by atoms with Gasteiger partial charge in [0.05, 0.1) is 26.4 Å². The van der Waals surface area contributed by atoms with Crippen LogP contribution in [0.4, 0.5) is 0 Å². The van der Waals surface area contributed by atoms with Crippen LogP contribution in [0.25, 0.3) is 0 Å². The number of hydrogen-bond donors (Lipinski definition) is 4. The van der Waals surface area contributed by atoms with Crippen molar-refractivity contribution in [3.05, 3.63) is 124 Å². The Morgan fingerprint density at radius 3 is 1.92 bits per heavy atom. The van der Waals surface area contributed by atoms with E-state index in [1.165, 1.54) is 6.07 Å². The van der Waals surface area contributed by atoms with Gasteiger partial charge in [-0.15, -0.1) is 0 Å². The predicted octanol–water partition coefficient (Wildman–Crippen LogP) is 3.79. The zero-order chi connectivity index (χ0) is 26.9. The van der Waals surface area contributed by atoms with E-state index >= 15 is 0 Å². The summed E-state index contributed by atoms with van der Waals surface area (Å²) in [6.45, 7) is 0.235. The molecule has 0 saturated carbocycles.